The van der Waals surface area contributed by atoms with Crippen LogP contribution in [-0.4, -0.2) is 25.5 Å². The third-order valence-corrected chi connectivity index (χ3v) is 3.79. The second kappa shape index (κ2) is 21.7. The van der Waals surface area contributed by atoms with E-state index in [-0.39, 0.29) is 12.5 Å². The van der Waals surface area contributed by atoms with Gasteiger partial charge in [-0.15, -0.1) is 0 Å². The molecule has 29 heavy (non-hydrogen) atoms. The Morgan fingerprint density at radius 1 is 0.690 bits per heavy atom. The number of allylic oxidation sites excluding steroid dienone is 12. The molecule has 0 rings (SSSR count). The lowest BCUT2D eigenvalue weighted by Gasteiger charge is -2.01. The van der Waals surface area contributed by atoms with Crippen LogP contribution in [-0.2, 0) is 14.3 Å². The van der Waals surface area contributed by atoms with Gasteiger partial charge in [-0.1, -0.05) is 79.8 Å². The smallest absolute Gasteiger partial charge is 0.325 e. The van der Waals surface area contributed by atoms with Crippen LogP contribution < -0.4 is 5.32 Å². The topological polar surface area (TPSA) is 55.4 Å². The van der Waals surface area contributed by atoms with Gasteiger partial charge < -0.3 is 10.1 Å². The molecule has 0 aliphatic heterocycles. The van der Waals surface area contributed by atoms with Gasteiger partial charge in [0.2, 0.25) is 5.91 Å². The molecule has 0 saturated carbocycles. The maximum Gasteiger partial charge on any atom is 0.325 e. The van der Waals surface area contributed by atoms with Crippen molar-refractivity contribution in [3.63, 3.8) is 0 Å². The van der Waals surface area contributed by atoms with E-state index in [1.807, 2.05) is 12.2 Å². The molecule has 0 unspecified atom stereocenters. The fourth-order valence-electron chi connectivity index (χ4n) is 2.19. The van der Waals surface area contributed by atoms with Crippen LogP contribution in [0.15, 0.2) is 72.9 Å². The molecule has 160 valence electrons. The molecule has 0 radical (unpaired) electrons. The Morgan fingerprint density at radius 2 is 1.10 bits per heavy atom. The van der Waals surface area contributed by atoms with Crippen molar-refractivity contribution in [3.8, 4) is 0 Å². The van der Waals surface area contributed by atoms with Gasteiger partial charge in [-0.2, -0.15) is 0 Å². The standard InChI is InChI=1S/C25H37NO3/c1-3-4-5-6-7-8-9-10-11-12-13-14-15-16-17-18-19-20-21-22-24(27)26-23-25(28)29-2/h4-5,7-8,10-11,13-14,16-17,19-20H,3,6,9,12,15,18,21-23H2,1-2H3,(H,26,27). The van der Waals surface area contributed by atoms with Crippen molar-refractivity contribution in [2.24, 2.45) is 0 Å². The first-order valence-corrected chi connectivity index (χ1v) is 10.4. The van der Waals surface area contributed by atoms with Crippen LogP contribution in [0.3, 0.4) is 0 Å². The van der Waals surface area contributed by atoms with E-state index in [1.165, 1.54) is 7.11 Å². The van der Waals surface area contributed by atoms with Crippen molar-refractivity contribution in [1.82, 2.24) is 5.32 Å². The summed E-state index contributed by atoms with van der Waals surface area (Å²) in [4.78, 5) is 22.4. The molecule has 0 aromatic rings. The molecule has 0 aromatic carbocycles. The minimum Gasteiger partial charge on any atom is -0.468 e. The molecule has 0 bridgehead atoms. The summed E-state index contributed by atoms with van der Waals surface area (Å²) in [5.74, 6) is -0.581. The third-order valence-electron chi connectivity index (χ3n) is 3.79. The lowest BCUT2D eigenvalue weighted by atomic mass is 10.2. The summed E-state index contributed by atoms with van der Waals surface area (Å²) < 4.78 is 4.46. The number of methoxy groups -OCH3 is 1. The van der Waals surface area contributed by atoms with Gasteiger partial charge >= 0.3 is 5.97 Å². The fraction of sp³-hybridized carbons (Fsp3) is 0.440. The van der Waals surface area contributed by atoms with Gasteiger partial charge in [-0.05, 0) is 44.9 Å². The van der Waals surface area contributed by atoms with Crippen molar-refractivity contribution in [2.75, 3.05) is 13.7 Å². The van der Waals surface area contributed by atoms with Gasteiger partial charge in [0.1, 0.15) is 6.54 Å². The first kappa shape index (κ1) is 26.4. The average Bonchev–Trinajstić information content (AvgIpc) is 2.73. The zero-order valence-electron chi connectivity index (χ0n) is 18.0. The maximum atomic E-state index is 11.5. The van der Waals surface area contributed by atoms with E-state index in [9.17, 15) is 9.59 Å². The summed E-state index contributed by atoms with van der Waals surface area (Å²) in [6.45, 7) is 2.08. The first-order valence-electron chi connectivity index (χ1n) is 10.4. The molecule has 1 amide bonds. The Hall–Kier alpha value is -2.62. The number of carbonyl (C=O) groups is 2. The number of ether oxygens (including phenoxy) is 1. The van der Waals surface area contributed by atoms with Gasteiger partial charge in [0, 0.05) is 6.42 Å². The van der Waals surface area contributed by atoms with Crippen molar-refractivity contribution >= 4 is 11.9 Å². The van der Waals surface area contributed by atoms with Crippen LogP contribution in [0, 0.1) is 0 Å². The van der Waals surface area contributed by atoms with E-state index in [1.54, 1.807) is 0 Å². The van der Waals surface area contributed by atoms with E-state index < -0.39 is 5.97 Å². The predicted molar refractivity (Wildman–Crippen MR) is 122 cm³/mol. The largest absolute Gasteiger partial charge is 0.468 e. The first-order chi connectivity index (χ1) is 14.2. The number of hydrogen-bond donors (Lipinski definition) is 1. The van der Waals surface area contributed by atoms with Crippen LogP contribution >= 0.6 is 0 Å². The number of amides is 1. The zero-order valence-corrected chi connectivity index (χ0v) is 18.0. The highest BCUT2D eigenvalue weighted by Crippen LogP contribution is 1.97. The Balaban J connectivity index is 3.59. The Morgan fingerprint density at radius 3 is 1.52 bits per heavy atom. The summed E-state index contributed by atoms with van der Waals surface area (Å²) in [6.07, 6.45) is 32.7. The fourth-order valence-corrected chi connectivity index (χ4v) is 2.19. The molecule has 4 nitrogen and oxygen atoms in total. The van der Waals surface area contributed by atoms with E-state index in [0.29, 0.717) is 12.8 Å². The summed E-state index contributed by atoms with van der Waals surface area (Å²) in [6, 6.07) is 0. The monoisotopic (exact) mass is 399 g/mol. The lowest BCUT2D eigenvalue weighted by Crippen LogP contribution is -2.29. The van der Waals surface area contributed by atoms with Crippen molar-refractivity contribution < 1.29 is 14.3 Å². The van der Waals surface area contributed by atoms with Gasteiger partial charge in [-0.3, -0.25) is 9.59 Å². The number of nitrogens with one attached hydrogen (secondary N) is 1. The van der Waals surface area contributed by atoms with Crippen LogP contribution in [0.4, 0.5) is 0 Å². The Kier molecular flexibility index (Phi) is 19.7. The second-order valence-corrected chi connectivity index (χ2v) is 6.31. The van der Waals surface area contributed by atoms with Crippen LogP contribution in [0.25, 0.3) is 0 Å². The molecule has 0 aromatic heterocycles. The normalized spacial score (nSPS) is 12.5. The second-order valence-electron chi connectivity index (χ2n) is 6.31. The summed E-state index contributed by atoms with van der Waals surface area (Å²) in [5.41, 5.74) is 0. The van der Waals surface area contributed by atoms with E-state index in [2.05, 4.69) is 77.7 Å². The van der Waals surface area contributed by atoms with E-state index >= 15 is 0 Å². The predicted octanol–water partition coefficient (Wildman–Crippen LogP) is 5.75. The summed E-state index contributed by atoms with van der Waals surface area (Å²) >= 11 is 0. The highest BCUT2D eigenvalue weighted by atomic mass is 16.5. The minimum absolute atomic E-state index is 0.0704. The molecule has 0 saturated heterocycles. The van der Waals surface area contributed by atoms with Crippen molar-refractivity contribution in [3.05, 3.63) is 72.9 Å². The molecular weight excluding hydrogens is 362 g/mol. The van der Waals surface area contributed by atoms with Gasteiger partial charge in [0.05, 0.1) is 7.11 Å². The quantitative estimate of drug-likeness (QED) is 0.265. The Bertz CT molecular complexity index is 595. The van der Waals surface area contributed by atoms with Crippen LogP contribution in [0.2, 0.25) is 0 Å². The van der Waals surface area contributed by atoms with Crippen LogP contribution in [0.5, 0.6) is 0 Å². The molecule has 1 N–H and O–H groups in total. The zero-order chi connectivity index (χ0) is 21.4. The van der Waals surface area contributed by atoms with E-state index in [0.717, 1.165) is 38.5 Å². The van der Waals surface area contributed by atoms with Crippen molar-refractivity contribution in [2.45, 2.75) is 58.3 Å². The van der Waals surface area contributed by atoms with E-state index in [4.69, 9.17) is 0 Å². The van der Waals surface area contributed by atoms with Crippen LogP contribution in [0.1, 0.15) is 58.3 Å². The molecule has 0 atom stereocenters. The average molecular weight is 400 g/mol. The molecule has 0 aliphatic rings. The highest BCUT2D eigenvalue weighted by Gasteiger charge is 2.03. The Labute approximate surface area is 176 Å². The highest BCUT2D eigenvalue weighted by molar-refractivity contribution is 5.81. The van der Waals surface area contributed by atoms with Gasteiger partial charge in [0.25, 0.3) is 0 Å². The number of rotatable bonds is 16. The molecular formula is C25H37NO3. The number of hydrogen-bond acceptors (Lipinski definition) is 3. The van der Waals surface area contributed by atoms with Crippen molar-refractivity contribution in [1.29, 1.82) is 0 Å². The number of carbonyl (C=O) groups excluding carboxylic acids is 2. The van der Waals surface area contributed by atoms with Gasteiger partial charge in [-0.25, -0.2) is 0 Å². The maximum absolute atomic E-state index is 11.5. The van der Waals surface area contributed by atoms with Gasteiger partial charge in [0.15, 0.2) is 0 Å². The summed E-state index contributed by atoms with van der Waals surface area (Å²) in [7, 11) is 1.30. The molecule has 0 fully saturated rings. The molecule has 0 heterocycles. The minimum atomic E-state index is -0.438. The summed E-state index contributed by atoms with van der Waals surface area (Å²) in [5, 5.41) is 2.51. The number of esters is 1. The third kappa shape index (κ3) is 21.5. The molecule has 0 aliphatic carbocycles. The molecule has 4 heteroatoms. The SMILES string of the molecule is CCC=CCC=CCC=CCC=CCC=CCC=CCCC(=O)NCC(=O)OC. The molecule has 0 spiro atoms. The lowest BCUT2D eigenvalue weighted by molar-refractivity contribution is -0.141.